The van der Waals surface area contributed by atoms with Gasteiger partial charge in [0.05, 0.1) is 5.69 Å². The quantitative estimate of drug-likeness (QED) is 0.672. The number of hydrogen-bond donors (Lipinski definition) is 1. The fraction of sp³-hybridized carbons (Fsp3) is 0.455. The van der Waals surface area contributed by atoms with E-state index in [1.807, 2.05) is 12.1 Å². The first-order chi connectivity index (χ1) is 6.68. The van der Waals surface area contributed by atoms with E-state index in [1.54, 1.807) is 0 Å². The first kappa shape index (κ1) is 10.1. The van der Waals surface area contributed by atoms with Crippen LogP contribution in [-0.4, -0.2) is 13.1 Å². The Labute approximate surface area is 98.6 Å². The van der Waals surface area contributed by atoms with Crippen LogP contribution < -0.4 is 10.6 Å². The maximum atomic E-state index is 5.73. The number of rotatable bonds is 2. The van der Waals surface area contributed by atoms with E-state index in [-0.39, 0.29) is 0 Å². The molecule has 14 heavy (non-hydrogen) atoms. The van der Waals surface area contributed by atoms with Gasteiger partial charge >= 0.3 is 0 Å². The van der Waals surface area contributed by atoms with Crippen molar-refractivity contribution in [2.75, 3.05) is 17.7 Å². The molecule has 0 heterocycles. The second kappa shape index (κ2) is 3.96. The molecule has 0 bridgehead atoms. The van der Waals surface area contributed by atoms with Crippen molar-refractivity contribution in [3.05, 3.63) is 21.8 Å². The molecule has 0 aliphatic heterocycles. The van der Waals surface area contributed by atoms with Crippen LogP contribution in [0, 0.1) is 3.57 Å². The minimum atomic E-state index is 0.743. The SMILES string of the molecule is CN(c1ccc(N)cc1I)C1CCC1. The first-order valence-electron chi connectivity index (χ1n) is 4.96. The number of hydrogen-bond acceptors (Lipinski definition) is 2. The molecule has 1 aliphatic rings. The third kappa shape index (κ3) is 1.82. The van der Waals surface area contributed by atoms with Crippen molar-refractivity contribution in [3.8, 4) is 0 Å². The summed E-state index contributed by atoms with van der Waals surface area (Å²) in [6.45, 7) is 0. The maximum absolute atomic E-state index is 5.73. The summed E-state index contributed by atoms with van der Waals surface area (Å²) < 4.78 is 1.25. The lowest BCUT2D eigenvalue weighted by atomic mass is 9.91. The second-order valence-electron chi connectivity index (χ2n) is 3.91. The molecule has 0 amide bonds. The Kier molecular flexibility index (Phi) is 2.85. The lowest BCUT2D eigenvalue weighted by molar-refractivity contribution is 0.401. The van der Waals surface area contributed by atoms with Gasteiger partial charge in [-0.15, -0.1) is 0 Å². The van der Waals surface area contributed by atoms with Gasteiger partial charge in [-0.3, -0.25) is 0 Å². The first-order valence-corrected chi connectivity index (χ1v) is 6.04. The van der Waals surface area contributed by atoms with Gasteiger partial charge in [-0.1, -0.05) is 0 Å². The monoisotopic (exact) mass is 302 g/mol. The van der Waals surface area contributed by atoms with E-state index in [2.05, 4.69) is 40.6 Å². The molecule has 2 N–H and O–H groups in total. The molecule has 2 nitrogen and oxygen atoms in total. The molecule has 3 heteroatoms. The molecule has 1 saturated carbocycles. The van der Waals surface area contributed by atoms with Crippen LogP contribution >= 0.6 is 22.6 Å². The summed E-state index contributed by atoms with van der Waals surface area (Å²) >= 11 is 2.35. The largest absolute Gasteiger partial charge is 0.399 e. The predicted octanol–water partition coefficient (Wildman–Crippen LogP) is 2.86. The Hall–Kier alpha value is -0.450. The van der Waals surface area contributed by atoms with E-state index in [1.165, 1.54) is 28.5 Å². The molecule has 76 valence electrons. The second-order valence-corrected chi connectivity index (χ2v) is 5.07. The van der Waals surface area contributed by atoms with E-state index >= 15 is 0 Å². The van der Waals surface area contributed by atoms with Gasteiger partial charge in [0.2, 0.25) is 0 Å². The van der Waals surface area contributed by atoms with E-state index in [4.69, 9.17) is 5.73 Å². The van der Waals surface area contributed by atoms with Gasteiger partial charge in [-0.25, -0.2) is 0 Å². The summed E-state index contributed by atoms with van der Waals surface area (Å²) in [5, 5.41) is 0. The fourth-order valence-electron chi connectivity index (χ4n) is 1.78. The van der Waals surface area contributed by atoms with Gasteiger partial charge < -0.3 is 10.6 Å². The summed E-state index contributed by atoms with van der Waals surface area (Å²) in [4.78, 5) is 2.38. The van der Waals surface area contributed by atoms with Crippen molar-refractivity contribution in [3.63, 3.8) is 0 Å². The fourth-order valence-corrected chi connectivity index (χ4v) is 2.70. The zero-order valence-electron chi connectivity index (χ0n) is 8.33. The third-order valence-electron chi connectivity index (χ3n) is 2.97. The molecular formula is C11H15IN2. The minimum Gasteiger partial charge on any atom is -0.399 e. The molecule has 1 aromatic rings. The molecular weight excluding hydrogens is 287 g/mol. The maximum Gasteiger partial charge on any atom is 0.0503 e. The highest BCUT2D eigenvalue weighted by atomic mass is 127. The highest BCUT2D eigenvalue weighted by Gasteiger charge is 2.23. The molecule has 0 spiro atoms. The van der Waals surface area contributed by atoms with Crippen LogP contribution in [0.4, 0.5) is 11.4 Å². The lowest BCUT2D eigenvalue weighted by Crippen LogP contribution is -2.37. The molecule has 0 unspecified atom stereocenters. The van der Waals surface area contributed by atoms with Crippen LogP contribution in [0.3, 0.4) is 0 Å². The van der Waals surface area contributed by atoms with E-state index in [0.717, 1.165) is 11.7 Å². The number of benzene rings is 1. The predicted molar refractivity (Wildman–Crippen MR) is 69.6 cm³/mol. The van der Waals surface area contributed by atoms with Gasteiger partial charge in [-0.2, -0.15) is 0 Å². The summed E-state index contributed by atoms with van der Waals surface area (Å²) in [6, 6.07) is 6.87. The van der Waals surface area contributed by atoms with Crippen molar-refractivity contribution in [2.45, 2.75) is 25.3 Å². The Bertz CT molecular complexity index is 334. The van der Waals surface area contributed by atoms with Crippen molar-refractivity contribution in [1.82, 2.24) is 0 Å². The highest BCUT2D eigenvalue weighted by Crippen LogP contribution is 2.31. The summed E-state index contributed by atoms with van der Waals surface area (Å²) in [7, 11) is 2.18. The minimum absolute atomic E-state index is 0.743. The molecule has 0 radical (unpaired) electrons. The van der Waals surface area contributed by atoms with E-state index < -0.39 is 0 Å². The average molecular weight is 302 g/mol. The Morgan fingerprint density at radius 1 is 1.43 bits per heavy atom. The summed E-state index contributed by atoms with van der Waals surface area (Å²) in [5.41, 5.74) is 7.88. The van der Waals surface area contributed by atoms with Crippen LogP contribution in [0.1, 0.15) is 19.3 Å². The number of nitrogens with two attached hydrogens (primary N) is 1. The van der Waals surface area contributed by atoms with Crippen LogP contribution in [0.2, 0.25) is 0 Å². The Morgan fingerprint density at radius 3 is 2.64 bits per heavy atom. The zero-order valence-corrected chi connectivity index (χ0v) is 10.5. The van der Waals surface area contributed by atoms with Crippen LogP contribution in [0.5, 0.6) is 0 Å². The Morgan fingerprint density at radius 2 is 2.14 bits per heavy atom. The van der Waals surface area contributed by atoms with Gasteiger partial charge in [-0.05, 0) is 60.1 Å². The van der Waals surface area contributed by atoms with E-state index in [9.17, 15) is 0 Å². The van der Waals surface area contributed by atoms with Crippen molar-refractivity contribution in [1.29, 1.82) is 0 Å². The summed E-state index contributed by atoms with van der Waals surface area (Å²) in [6.07, 6.45) is 4.04. The van der Waals surface area contributed by atoms with Crippen LogP contribution in [-0.2, 0) is 0 Å². The average Bonchev–Trinajstić information content (AvgIpc) is 2.00. The normalized spacial score (nSPS) is 16.4. The van der Waals surface area contributed by atoms with Gasteiger partial charge in [0.1, 0.15) is 0 Å². The molecule has 1 aliphatic carbocycles. The van der Waals surface area contributed by atoms with Gasteiger partial charge in [0.25, 0.3) is 0 Å². The van der Waals surface area contributed by atoms with Crippen molar-refractivity contribution >= 4 is 34.0 Å². The zero-order chi connectivity index (χ0) is 10.1. The van der Waals surface area contributed by atoms with Gasteiger partial charge in [0, 0.05) is 22.3 Å². The van der Waals surface area contributed by atoms with Gasteiger partial charge in [0.15, 0.2) is 0 Å². The highest BCUT2D eigenvalue weighted by molar-refractivity contribution is 14.1. The Balaban J connectivity index is 2.22. The van der Waals surface area contributed by atoms with Crippen molar-refractivity contribution in [2.24, 2.45) is 0 Å². The molecule has 1 aromatic carbocycles. The molecule has 0 saturated heterocycles. The lowest BCUT2D eigenvalue weighted by Gasteiger charge is -2.37. The number of nitrogens with zero attached hydrogens (tertiary/aromatic N) is 1. The molecule has 1 fully saturated rings. The number of anilines is 2. The molecule has 2 rings (SSSR count). The number of halogens is 1. The third-order valence-corrected chi connectivity index (χ3v) is 3.84. The van der Waals surface area contributed by atoms with Crippen LogP contribution in [0.25, 0.3) is 0 Å². The summed E-state index contributed by atoms with van der Waals surface area (Å²) in [5.74, 6) is 0. The number of nitrogen functional groups attached to an aromatic ring is 1. The van der Waals surface area contributed by atoms with E-state index in [0.29, 0.717) is 0 Å². The standard InChI is InChI=1S/C11H15IN2/c1-14(9-3-2-4-9)11-6-5-8(13)7-10(11)12/h5-7,9H,2-4,13H2,1H3. The van der Waals surface area contributed by atoms with Crippen molar-refractivity contribution < 1.29 is 0 Å². The topological polar surface area (TPSA) is 29.3 Å². The van der Waals surface area contributed by atoms with Crippen LogP contribution in [0.15, 0.2) is 18.2 Å². The smallest absolute Gasteiger partial charge is 0.0503 e. The molecule has 0 aromatic heterocycles. The molecule has 0 atom stereocenters.